The van der Waals surface area contributed by atoms with Crippen LogP contribution in [0.5, 0.6) is 5.75 Å². The summed E-state index contributed by atoms with van der Waals surface area (Å²) in [5, 5.41) is 7.32. The van der Waals surface area contributed by atoms with Gasteiger partial charge in [-0.05, 0) is 30.0 Å². The molecular weight excluding hydrogens is 331 g/mol. The quantitative estimate of drug-likeness (QED) is 0.683. The molecule has 0 unspecified atom stereocenters. The molecule has 0 aliphatic heterocycles. The van der Waals surface area contributed by atoms with Crippen LogP contribution in [0, 0.1) is 5.82 Å². The fraction of sp³-hybridized carbons (Fsp3) is 0.294. The van der Waals surface area contributed by atoms with Crippen LogP contribution in [0.2, 0.25) is 0 Å². The Morgan fingerprint density at radius 2 is 2.00 bits per heavy atom. The van der Waals surface area contributed by atoms with E-state index >= 15 is 0 Å². The molecule has 0 aliphatic rings. The molecule has 7 heteroatoms. The molecule has 2 amide bonds. The van der Waals surface area contributed by atoms with Crippen LogP contribution in [0.3, 0.4) is 0 Å². The highest BCUT2D eigenvalue weighted by atomic mass is 32.1. The van der Waals surface area contributed by atoms with E-state index in [1.54, 1.807) is 18.2 Å². The molecule has 1 heterocycles. The monoisotopic (exact) mass is 350 g/mol. The molecule has 0 saturated heterocycles. The first-order valence-corrected chi connectivity index (χ1v) is 8.50. The van der Waals surface area contributed by atoms with Gasteiger partial charge in [-0.25, -0.2) is 4.39 Å². The maximum atomic E-state index is 12.9. The van der Waals surface area contributed by atoms with Gasteiger partial charge in [-0.2, -0.15) is 0 Å². The Balaban J connectivity index is 1.51. The van der Waals surface area contributed by atoms with Crippen molar-refractivity contribution in [3.8, 4) is 5.75 Å². The van der Waals surface area contributed by atoms with E-state index in [0.29, 0.717) is 36.6 Å². The SMILES string of the molecule is O=C(CCCNC(=O)c1cccs1)NCCOc1cccc(F)c1. The Hall–Kier alpha value is -2.41. The lowest BCUT2D eigenvalue weighted by molar-refractivity contribution is -0.121. The molecule has 0 fully saturated rings. The topological polar surface area (TPSA) is 67.4 Å². The lowest BCUT2D eigenvalue weighted by Crippen LogP contribution is -2.29. The maximum absolute atomic E-state index is 12.9. The summed E-state index contributed by atoms with van der Waals surface area (Å²) in [7, 11) is 0. The van der Waals surface area contributed by atoms with Crippen LogP contribution in [-0.2, 0) is 4.79 Å². The molecular formula is C17H19FN2O3S. The number of halogens is 1. The zero-order valence-corrected chi connectivity index (χ0v) is 13.9. The average molecular weight is 350 g/mol. The van der Waals surface area contributed by atoms with Gasteiger partial charge in [0.1, 0.15) is 18.2 Å². The largest absolute Gasteiger partial charge is 0.492 e. The van der Waals surface area contributed by atoms with E-state index in [9.17, 15) is 14.0 Å². The molecule has 1 aromatic heterocycles. The van der Waals surface area contributed by atoms with Crippen LogP contribution >= 0.6 is 11.3 Å². The first-order valence-electron chi connectivity index (χ1n) is 7.62. The van der Waals surface area contributed by atoms with E-state index < -0.39 is 0 Å². The van der Waals surface area contributed by atoms with Gasteiger partial charge in [0, 0.05) is 19.0 Å². The number of ether oxygens (including phenoxy) is 1. The molecule has 0 spiro atoms. The number of nitrogens with one attached hydrogen (secondary N) is 2. The number of amides is 2. The van der Waals surface area contributed by atoms with Crippen molar-refractivity contribution in [2.24, 2.45) is 0 Å². The van der Waals surface area contributed by atoms with Crippen molar-refractivity contribution in [3.05, 3.63) is 52.5 Å². The molecule has 0 atom stereocenters. The van der Waals surface area contributed by atoms with Gasteiger partial charge in [-0.1, -0.05) is 12.1 Å². The van der Waals surface area contributed by atoms with Crippen LogP contribution in [-0.4, -0.2) is 31.5 Å². The summed E-state index contributed by atoms with van der Waals surface area (Å²) in [5.41, 5.74) is 0. The molecule has 2 rings (SSSR count). The summed E-state index contributed by atoms with van der Waals surface area (Å²) in [6.07, 6.45) is 0.887. The van der Waals surface area contributed by atoms with Crippen molar-refractivity contribution >= 4 is 23.2 Å². The molecule has 24 heavy (non-hydrogen) atoms. The van der Waals surface area contributed by atoms with E-state index in [1.165, 1.54) is 23.5 Å². The van der Waals surface area contributed by atoms with Crippen molar-refractivity contribution in [2.45, 2.75) is 12.8 Å². The summed E-state index contributed by atoms with van der Waals surface area (Å²) in [5.74, 6) is -0.154. The highest BCUT2D eigenvalue weighted by Gasteiger charge is 2.06. The zero-order chi connectivity index (χ0) is 17.2. The van der Waals surface area contributed by atoms with Crippen molar-refractivity contribution in [3.63, 3.8) is 0 Å². The lowest BCUT2D eigenvalue weighted by Gasteiger charge is -2.08. The second-order valence-electron chi connectivity index (χ2n) is 4.99. The Labute approximate surface area is 143 Å². The van der Waals surface area contributed by atoms with Gasteiger partial charge < -0.3 is 15.4 Å². The summed E-state index contributed by atoms with van der Waals surface area (Å²) < 4.78 is 18.3. The van der Waals surface area contributed by atoms with Crippen LogP contribution in [0.15, 0.2) is 41.8 Å². The predicted octanol–water partition coefficient (Wildman–Crippen LogP) is 2.59. The van der Waals surface area contributed by atoms with E-state index in [4.69, 9.17) is 4.74 Å². The standard InChI is InChI=1S/C17H19FN2O3S/c18-13-4-1-5-14(12-13)23-10-9-19-16(21)7-2-8-20-17(22)15-6-3-11-24-15/h1,3-6,11-12H,2,7-10H2,(H,19,21)(H,20,22). The van der Waals surface area contributed by atoms with Gasteiger partial charge in [-0.3, -0.25) is 9.59 Å². The van der Waals surface area contributed by atoms with Crippen molar-refractivity contribution in [1.29, 1.82) is 0 Å². The fourth-order valence-corrected chi connectivity index (χ4v) is 2.59. The molecule has 1 aromatic carbocycles. The van der Waals surface area contributed by atoms with Gasteiger partial charge in [0.2, 0.25) is 5.91 Å². The van der Waals surface area contributed by atoms with Crippen LogP contribution in [0.4, 0.5) is 4.39 Å². The molecule has 128 valence electrons. The third-order valence-electron chi connectivity index (χ3n) is 3.10. The molecule has 0 radical (unpaired) electrons. The number of carbonyl (C=O) groups excluding carboxylic acids is 2. The van der Waals surface area contributed by atoms with Gasteiger partial charge in [0.15, 0.2) is 0 Å². The molecule has 0 bridgehead atoms. The molecule has 0 saturated carbocycles. The van der Waals surface area contributed by atoms with E-state index in [-0.39, 0.29) is 24.2 Å². The van der Waals surface area contributed by atoms with Gasteiger partial charge in [0.25, 0.3) is 5.91 Å². The van der Waals surface area contributed by atoms with Crippen LogP contribution < -0.4 is 15.4 Å². The lowest BCUT2D eigenvalue weighted by atomic mass is 10.3. The number of carbonyl (C=O) groups is 2. The number of hydrogen-bond donors (Lipinski definition) is 2. The molecule has 5 nitrogen and oxygen atoms in total. The van der Waals surface area contributed by atoms with Gasteiger partial charge >= 0.3 is 0 Å². The fourth-order valence-electron chi connectivity index (χ4n) is 1.95. The Morgan fingerprint density at radius 1 is 1.12 bits per heavy atom. The Bertz CT molecular complexity index is 662. The normalized spacial score (nSPS) is 10.2. The van der Waals surface area contributed by atoms with Gasteiger partial charge in [-0.15, -0.1) is 11.3 Å². The van der Waals surface area contributed by atoms with Gasteiger partial charge in [0.05, 0.1) is 11.4 Å². The number of benzene rings is 1. The second-order valence-corrected chi connectivity index (χ2v) is 5.94. The van der Waals surface area contributed by atoms with Crippen molar-refractivity contribution in [2.75, 3.05) is 19.7 Å². The Kier molecular flexibility index (Phi) is 7.22. The zero-order valence-electron chi connectivity index (χ0n) is 13.1. The highest BCUT2D eigenvalue weighted by molar-refractivity contribution is 7.12. The first kappa shape index (κ1) is 17.9. The van der Waals surface area contributed by atoms with Crippen molar-refractivity contribution < 1.29 is 18.7 Å². The Morgan fingerprint density at radius 3 is 2.75 bits per heavy atom. The summed E-state index contributed by atoms with van der Waals surface area (Å²) in [6, 6.07) is 9.42. The minimum absolute atomic E-state index is 0.108. The maximum Gasteiger partial charge on any atom is 0.261 e. The average Bonchev–Trinajstić information content (AvgIpc) is 3.10. The summed E-state index contributed by atoms with van der Waals surface area (Å²) in [6.45, 7) is 1.06. The summed E-state index contributed by atoms with van der Waals surface area (Å²) >= 11 is 1.38. The van der Waals surface area contributed by atoms with Crippen molar-refractivity contribution in [1.82, 2.24) is 10.6 Å². The van der Waals surface area contributed by atoms with Crippen LogP contribution in [0.25, 0.3) is 0 Å². The predicted molar refractivity (Wildman–Crippen MR) is 90.8 cm³/mol. The third-order valence-corrected chi connectivity index (χ3v) is 3.97. The highest BCUT2D eigenvalue weighted by Crippen LogP contribution is 2.11. The molecule has 0 aliphatic carbocycles. The van der Waals surface area contributed by atoms with Crippen LogP contribution in [0.1, 0.15) is 22.5 Å². The second kappa shape index (κ2) is 9.67. The first-order chi connectivity index (χ1) is 11.6. The minimum atomic E-state index is -0.360. The smallest absolute Gasteiger partial charge is 0.261 e. The van der Waals surface area contributed by atoms with E-state index in [2.05, 4.69) is 10.6 Å². The summed E-state index contributed by atoms with van der Waals surface area (Å²) in [4.78, 5) is 24.0. The molecule has 2 aromatic rings. The number of thiophene rings is 1. The molecule has 2 N–H and O–H groups in total. The number of hydrogen-bond acceptors (Lipinski definition) is 4. The van der Waals surface area contributed by atoms with E-state index in [1.807, 2.05) is 11.4 Å². The minimum Gasteiger partial charge on any atom is -0.492 e. The number of rotatable bonds is 9. The third kappa shape index (κ3) is 6.37. The van der Waals surface area contributed by atoms with E-state index in [0.717, 1.165) is 0 Å².